The first-order valence-electron chi connectivity index (χ1n) is 8.18. The minimum atomic E-state index is -1.54. The molecule has 0 spiro atoms. The highest BCUT2D eigenvalue weighted by molar-refractivity contribution is 7.84. The molecule has 1 saturated heterocycles. The van der Waals surface area contributed by atoms with Crippen LogP contribution in [0.2, 0.25) is 0 Å². The molecule has 2 atom stereocenters. The smallest absolute Gasteiger partial charge is 0.410 e. The zero-order chi connectivity index (χ0) is 18.2. The van der Waals surface area contributed by atoms with Crippen molar-refractivity contribution < 1.29 is 23.3 Å². The van der Waals surface area contributed by atoms with Crippen LogP contribution < -0.4 is 0 Å². The van der Waals surface area contributed by atoms with E-state index in [-0.39, 0.29) is 12.5 Å². The second-order valence-electron chi connectivity index (χ2n) is 7.03. The first kappa shape index (κ1) is 17.9. The summed E-state index contributed by atoms with van der Waals surface area (Å²) in [6.45, 7) is 6.68. The molecule has 0 bridgehead atoms. The highest BCUT2D eigenvalue weighted by Crippen LogP contribution is 2.27. The molecule has 1 aromatic rings. The van der Waals surface area contributed by atoms with E-state index in [1.165, 1.54) is 4.31 Å². The van der Waals surface area contributed by atoms with E-state index < -0.39 is 28.8 Å². The van der Waals surface area contributed by atoms with Crippen molar-refractivity contribution in [1.82, 2.24) is 9.21 Å². The van der Waals surface area contributed by atoms with Crippen molar-refractivity contribution in [3.8, 4) is 0 Å². The van der Waals surface area contributed by atoms with Gasteiger partial charge in [-0.2, -0.15) is 0 Å². The SMILES string of the molecule is CC(C)(C)OC(=O)N1CCOC(CN2C(=O)c3ccccc3S2=O)C1. The molecule has 0 radical (unpaired) electrons. The average molecular weight is 366 g/mol. The van der Waals surface area contributed by atoms with Gasteiger partial charge in [0.2, 0.25) is 0 Å². The Morgan fingerprint density at radius 3 is 2.76 bits per heavy atom. The number of hydrogen-bond donors (Lipinski definition) is 0. The van der Waals surface area contributed by atoms with Gasteiger partial charge in [-0.05, 0) is 32.9 Å². The van der Waals surface area contributed by atoms with E-state index in [4.69, 9.17) is 9.47 Å². The van der Waals surface area contributed by atoms with Gasteiger partial charge in [0, 0.05) is 6.54 Å². The number of ether oxygens (including phenoxy) is 2. The van der Waals surface area contributed by atoms with Crippen LogP contribution in [0.5, 0.6) is 0 Å². The van der Waals surface area contributed by atoms with Crippen molar-refractivity contribution in [2.45, 2.75) is 37.4 Å². The lowest BCUT2D eigenvalue weighted by molar-refractivity contribution is -0.0446. The first-order chi connectivity index (χ1) is 11.8. The lowest BCUT2D eigenvalue weighted by Gasteiger charge is -2.35. The molecule has 3 rings (SSSR count). The third-order valence-corrected chi connectivity index (χ3v) is 5.34. The maximum Gasteiger partial charge on any atom is 0.410 e. The molecule has 2 unspecified atom stereocenters. The van der Waals surface area contributed by atoms with Crippen LogP contribution in [0.15, 0.2) is 29.2 Å². The number of morpholine rings is 1. The maximum atomic E-state index is 12.5. The predicted octanol–water partition coefficient (Wildman–Crippen LogP) is 1.80. The van der Waals surface area contributed by atoms with Crippen LogP contribution >= 0.6 is 0 Å². The number of carbonyl (C=O) groups is 2. The van der Waals surface area contributed by atoms with Crippen LogP contribution in [0.3, 0.4) is 0 Å². The number of amides is 2. The van der Waals surface area contributed by atoms with E-state index in [1.807, 2.05) is 20.8 Å². The van der Waals surface area contributed by atoms with Crippen molar-refractivity contribution in [2.24, 2.45) is 0 Å². The van der Waals surface area contributed by atoms with Gasteiger partial charge < -0.3 is 14.4 Å². The second-order valence-corrected chi connectivity index (χ2v) is 8.41. The van der Waals surface area contributed by atoms with Crippen LogP contribution in [-0.4, -0.2) is 63.4 Å². The Bertz CT molecular complexity index is 680. The van der Waals surface area contributed by atoms with Crippen molar-refractivity contribution in [2.75, 3.05) is 26.2 Å². The van der Waals surface area contributed by atoms with Gasteiger partial charge in [-0.15, -0.1) is 0 Å². The Hall–Kier alpha value is -1.93. The minimum absolute atomic E-state index is 0.166. The molecule has 0 aliphatic carbocycles. The highest BCUT2D eigenvalue weighted by atomic mass is 32.2. The minimum Gasteiger partial charge on any atom is -0.444 e. The Morgan fingerprint density at radius 2 is 2.08 bits per heavy atom. The fraction of sp³-hybridized carbons (Fsp3) is 0.529. The summed E-state index contributed by atoms with van der Waals surface area (Å²) < 4.78 is 24.9. The van der Waals surface area contributed by atoms with E-state index in [9.17, 15) is 13.8 Å². The normalized spacial score (nSPS) is 23.6. The number of fused-ring (bicyclic) bond motifs is 1. The molecule has 25 heavy (non-hydrogen) atoms. The van der Waals surface area contributed by atoms with Crippen LogP contribution in [-0.2, 0) is 20.5 Å². The Kier molecular flexibility index (Phi) is 4.83. The Labute approximate surface area is 149 Å². The monoisotopic (exact) mass is 366 g/mol. The third-order valence-electron chi connectivity index (χ3n) is 3.89. The van der Waals surface area contributed by atoms with Crippen molar-refractivity contribution >= 4 is 23.0 Å². The van der Waals surface area contributed by atoms with Crippen molar-refractivity contribution in [3.05, 3.63) is 29.8 Å². The standard InChI is InChI=1S/C17H22N2O5S/c1-17(2,3)24-16(21)18-8-9-23-12(10-18)11-19-15(20)13-6-4-5-7-14(13)25(19)22/h4-7,12H,8-11H2,1-3H3. The molecule has 7 nitrogen and oxygen atoms in total. The van der Waals surface area contributed by atoms with Gasteiger partial charge in [0.15, 0.2) is 11.0 Å². The van der Waals surface area contributed by atoms with Gasteiger partial charge in [-0.1, -0.05) is 12.1 Å². The van der Waals surface area contributed by atoms with Gasteiger partial charge >= 0.3 is 6.09 Å². The van der Waals surface area contributed by atoms with Gasteiger partial charge in [0.25, 0.3) is 5.91 Å². The summed E-state index contributed by atoms with van der Waals surface area (Å²) in [6.07, 6.45) is -0.804. The van der Waals surface area contributed by atoms with Gasteiger partial charge in [-0.25, -0.2) is 9.00 Å². The maximum absolute atomic E-state index is 12.5. The average Bonchev–Trinajstić information content (AvgIpc) is 2.79. The summed E-state index contributed by atoms with van der Waals surface area (Å²) >= 11 is 0. The van der Waals surface area contributed by atoms with E-state index in [0.29, 0.717) is 30.2 Å². The van der Waals surface area contributed by atoms with Crippen molar-refractivity contribution in [1.29, 1.82) is 0 Å². The van der Waals surface area contributed by atoms with Crippen molar-refractivity contribution in [3.63, 3.8) is 0 Å². The molecule has 1 aromatic carbocycles. The molecule has 2 aliphatic rings. The molecule has 8 heteroatoms. The van der Waals surface area contributed by atoms with E-state index in [1.54, 1.807) is 29.2 Å². The quantitative estimate of drug-likeness (QED) is 0.798. The summed E-state index contributed by atoms with van der Waals surface area (Å²) in [7, 11) is -1.54. The van der Waals surface area contributed by atoms with Crippen LogP contribution in [0.4, 0.5) is 4.79 Å². The van der Waals surface area contributed by atoms with Gasteiger partial charge in [0.1, 0.15) is 5.60 Å². The summed E-state index contributed by atoms with van der Waals surface area (Å²) in [5.74, 6) is -0.271. The lowest BCUT2D eigenvalue weighted by atomic mass is 10.2. The number of carbonyl (C=O) groups excluding carboxylic acids is 2. The number of rotatable bonds is 2. The Morgan fingerprint density at radius 1 is 1.36 bits per heavy atom. The zero-order valence-electron chi connectivity index (χ0n) is 14.6. The molecule has 1 fully saturated rings. The molecule has 2 heterocycles. The van der Waals surface area contributed by atoms with E-state index >= 15 is 0 Å². The molecule has 136 valence electrons. The van der Waals surface area contributed by atoms with Crippen LogP contribution in [0.1, 0.15) is 31.1 Å². The summed E-state index contributed by atoms with van der Waals surface area (Å²) in [5.41, 5.74) is -0.112. The van der Waals surface area contributed by atoms with Gasteiger partial charge in [0.05, 0.1) is 36.3 Å². The predicted molar refractivity (Wildman–Crippen MR) is 91.4 cm³/mol. The molecule has 0 aromatic heterocycles. The molecule has 0 N–H and O–H groups in total. The Balaban J connectivity index is 1.65. The zero-order valence-corrected chi connectivity index (χ0v) is 15.4. The molecular formula is C17H22N2O5S. The third kappa shape index (κ3) is 3.85. The van der Waals surface area contributed by atoms with E-state index in [0.717, 1.165) is 0 Å². The molecular weight excluding hydrogens is 344 g/mol. The van der Waals surface area contributed by atoms with E-state index in [2.05, 4.69) is 0 Å². The van der Waals surface area contributed by atoms with Gasteiger partial charge in [-0.3, -0.25) is 9.10 Å². The van der Waals surface area contributed by atoms with Crippen LogP contribution in [0, 0.1) is 0 Å². The highest BCUT2D eigenvalue weighted by Gasteiger charge is 2.37. The summed E-state index contributed by atoms with van der Waals surface area (Å²) in [6, 6.07) is 6.87. The summed E-state index contributed by atoms with van der Waals surface area (Å²) in [4.78, 5) is 26.8. The fourth-order valence-electron chi connectivity index (χ4n) is 2.78. The molecule has 2 amide bonds. The number of hydrogen-bond acceptors (Lipinski definition) is 5. The molecule has 2 aliphatic heterocycles. The fourth-order valence-corrected chi connectivity index (χ4v) is 4.11. The topological polar surface area (TPSA) is 76.2 Å². The van der Waals surface area contributed by atoms with Crippen LogP contribution in [0.25, 0.3) is 0 Å². The second kappa shape index (κ2) is 6.76. The number of benzene rings is 1. The largest absolute Gasteiger partial charge is 0.444 e. The first-order valence-corrected chi connectivity index (χ1v) is 9.29. The molecule has 0 saturated carbocycles. The lowest BCUT2D eigenvalue weighted by Crippen LogP contribution is -2.51. The number of nitrogens with zero attached hydrogens (tertiary/aromatic N) is 2. The summed E-state index contributed by atoms with van der Waals surface area (Å²) in [5, 5.41) is 0.